The Kier molecular flexibility index (Phi) is 3.68. The second-order valence-electron chi connectivity index (χ2n) is 5.55. The molecular weight excluding hydrogens is 228 g/mol. The lowest BCUT2D eigenvalue weighted by molar-refractivity contribution is -0.200. The lowest BCUT2D eigenvalue weighted by atomic mass is 9.53. The monoisotopic (exact) mass is 250 g/mol. The summed E-state index contributed by atoms with van der Waals surface area (Å²) in [5, 5.41) is 11.1. The second kappa shape index (κ2) is 4.93. The van der Waals surface area contributed by atoms with Crippen molar-refractivity contribution in [1.82, 2.24) is 0 Å². The van der Waals surface area contributed by atoms with E-state index < -0.39 is 11.0 Å². The van der Waals surface area contributed by atoms with Gasteiger partial charge in [-0.2, -0.15) is 0 Å². The summed E-state index contributed by atoms with van der Waals surface area (Å²) in [7, 11) is 0. The first-order valence-electron chi connectivity index (χ1n) is 6.96. The van der Waals surface area contributed by atoms with Crippen molar-refractivity contribution in [1.29, 1.82) is 0 Å². The average molecular weight is 250 g/mol. The highest BCUT2D eigenvalue weighted by atomic mass is 16.5. The van der Waals surface area contributed by atoms with Gasteiger partial charge in [0.15, 0.2) is 0 Å². The molecule has 0 saturated heterocycles. The van der Waals surface area contributed by atoms with E-state index in [4.69, 9.17) is 11.2 Å². The minimum Gasteiger partial charge on any atom is -0.465 e. The van der Waals surface area contributed by atoms with Gasteiger partial charge in [0.2, 0.25) is 0 Å². The summed E-state index contributed by atoms with van der Waals surface area (Å²) in [6.07, 6.45) is 11.2. The van der Waals surface area contributed by atoms with E-state index in [9.17, 15) is 9.90 Å². The summed E-state index contributed by atoms with van der Waals surface area (Å²) in [6.45, 7) is 2.16. The number of hydrogen-bond acceptors (Lipinski definition) is 3. The quantitative estimate of drug-likeness (QED) is 0.604. The van der Waals surface area contributed by atoms with E-state index in [0.29, 0.717) is 25.9 Å². The summed E-state index contributed by atoms with van der Waals surface area (Å²) < 4.78 is 5.23. The van der Waals surface area contributed by atoms with Crippen molar-refractivity contribution >= 4 is 5.97 Å². The van der Waals surface area contributed by atoms with E-state index in [1.165, 1.54) is 0 Å². The first-order valence-corrected chi connectivity index (χ1v) is 6.96. The molecule has 2 rings (SSSR count). The average Bonchev–Trinajstić information content (AvgIpc) is 2.37. The van der Waals surface area contributed by atoms with Crippen LogP contribution < -0.4 is 0 Å². The predicted molar refractivity (Wildman–Crippen MR) is 68.7 cm³/mol. The molecule has 0 bridgehead atoms. The van der Waals surface area contributed by atoms with Gasteiger partial charge in [-0.05, 0) is 32.6 Å². The van der Waals surface area contributed by atoms with Crippen LogP contribution in [0, 0.1) is 23.7 Å². The topological polar surface area (TPSA) is 46.5 Å². The van der Waals surface area contributed by atoms with Gasteiger partial charge in [0, 0.05) is 5.92 Å². The second-order valence-corrected chi connectivity index (χ2v) is 5.55. The summed E-state index contributed by atoms with van der Waals surface area (Å²) in [5.74, 6) is 2.25. The summed E-state index contributed by atoms with van der Waals surface area (Å²) in [6, 6.07) is 0. The molecule has 0 aliphatic heterocycles. The fraction of sp³-hybridized carbons (Fsp3) is 0.800. The van der Waals surface area contributed by atoms with Gasteiger partial charge in [-0.3, -0.25) is 4.79 Å². The van der Waals surface area contributed by atoms with E-state index in [-0.39, 0.29) is 11.9 Å². The maximum Gasteiger partial charge on any atom is 0.315 e. The van der Waals surface area contributed by atoms with Gasteiger partial charge in [-0.1, -0.05) is 19.3 Å². The highest BCUT2D eigenvalue weighted by Crippen LogP contribution is 2.56. The number of aliphatic hydroxyl groups is 1. The largest absolute Gasteiger partial charge is 0.465 e. The van der Waals surface area contributed by atoms with E-state index in [0.717, 1.165) is 25.7 Å². The van der Waals surface area contributed by atoms with Crippen molar-refractivity contribution < 1.29 is 14.6 Å². The number of rotatable bonds is 2. The van der Waals surface area contributed by atoms with Crippen LogP contribution in [0.2, 0.25) is 0 Å². The van der Waals surface area contributed by atoms with Crippen LogP contribution in [-0.4, -0.2) is 23.3 Å². The zero-order valence-electron chi connectivity index (χ0n) is 11.1. The van der Waals surface area contributed by atoms with Gasteiger partial charge >= 0.3 is 5.97 Å². The number of ether oxygens (including phenoxy) is 1. The van der Waals surface area contributed by atoms with Crippen molar-refractivity contribution in [3.8, 4) is 12.3 Å². The van der Waals surface area contributed by atoms with Crippen molar-refractivity contribution in [2.75, 3.05) is 6.61 Å². The third-order valence-electron chi connectivity index (χ3n) is 4.78. The summed E-state index contributed by atoms with van der Waals surface area (Å²) >= 11 is 0. The van der Waals surface area contributed by atoms with Crippen molar-refractivity contribution in [2.24, 2.45) is 11.3 Å². The lowest BCUT2D eigenvalue weighted by Gasteiger charge is -2.54. The van der Waals surface area contributed by atoms with Crippen molar-refractivity contribution in [2.45, 2.75) is 57.5 Å². The Balaban J connectivity index is 2.39. The Bertz CT molecular complexity index is 366. The van der Waals surface area contributed by atoms with Gasteiger partial charge in [0.1, 0.15) is 0 Å². The minimum absolute atomic E-state index is 0.212. The minimum atomic E-state index is -1.05. The van der Waals surface area contributed by atoms with Gasteiger partial charge in [-0.25, -0.2) is 0 Å². The SMILES string of the molecule is C#C[C@@H]1CCC[C@]2(C(=O)OCC)CCCC[C@]12O. The molecule has 0 aromatic heterocycles. The Hall–Kier alpha value is -1.01. The van der Waals surface area contributed by atoms with Gasteiger partial charge in [-0.15, -0.1) is 12.3 Å². The van der Waals surface area contributed by atoms with Crippen molar-refractivity contribution in [3.63, 3.8) is 0 Å². The van der Waals surface area contributed by atoms with Crippen molar-refractivity contribution in [3.05, 3.63) is 0 Å². The number of hydrogen-bond donors (Lipinski definition) is 1. The van der Waals surface area contributed by atoms with Crippen LogP contribution in [0.1, 0.15) is 51.9 Å². The Morgan fingerprint density at radius 2 is 2.06 bits per heavy atom. The summed E-state index contributed by atoms with van der Waals surface area (Å²) in [4.78, 5) is 12.4. The van der Waals surface area contributed by atoms with Crippen LogP contribution in [0.3, 0.4) is 0 Å². The molecular formula is C15H22O3. The fourth-order valence-corrected chi connectivity index (χ4v) is 3.84. The van der Waals surface area contributed by atoms with Crippen LogP contribution in [-0.2, 0) is 9.53 Å². The molecule has 100 valence electrons. The van der Waals surface area contributed by atoms with E-state index in [2.05, 4.69) is 5.92 Å². The van der Waals surface area contributed by atoms with Crippen LogP contribution in [0.15, 0.2) is 0 Å². The van der Waals surface area contributed by atoms with Crippen LogP contribution in [0.5, 0.6) is 0 Å². The van der Waals surface area contributed by atoms with Gasteiger partial charge in [0.25, 0.3) is 0 Å². The first-order chi connectivity index (χ1) is 8.60. The molecule has 0 heterocycles. The maximum absolute atomic E-state index is 12.4. The molecule has 3 nitrogen and oxygen atoms in total. The maximum atomic E-state index is 12.4. The number of carbonyl (C=O) groups is 1. The fourth-order valence-electron chi connectivity index (χ4n) is 3.84. The van der Waals surface area contributed by atoms with Crippen LogP contribution in [0.4, 0.5) is 0 Å². The van der Waals surface area contributed by atoms with E-state index in [1.54, 1.807) is 6.92 Å². The van der Waals surface area contributed by atoms with E-state index >= 15 is 0 Å². The highest BCUT2D eigenvalue weighted by Gasteiger charge is 2.62. The number of terminal acetylenes is 1. The molecule has 0 radical (unpaired) electrons. The molecule has 2 aliphatic rings. The standard InChI is InChI=1S/C15H22O3/c1-3-12-8-7-10-14(13(16)18-4-2)9-5-6-11-15(12,14)17/h1,12,17H,4-11H2,2H3/t12-,14+,15+/m1/s1. The molecule has 2 fully saturated rings. The highest BCUT2D eigenvalue weighted by molar-refractivity contribution is 5.79. The molecule has 3 heteroatoms. The van der Waals surface area contributed by atoms with Crippen LogP contribution >= 0.6 is 0 Å². The first kappa shape index (κ1) is 13.4. The molecule has 0 unspecified atom stereocenters. The van der Waals surface area contributed by atoms with Gasteiger partial charge in [0.05, 0.1) is 17.6 Å². The lowest BCUT2D eigenvalue weighted by Crippen LogP contribution is -2.61. The van der Waals surface area contributed by atoms with Crippen LogP contribution in [0.25, 0.3) is 0 Å². The van der Waals surface area contributed by atoms with Gasteiger partial charge < -0.3 is 9.84 Å². The molecule has 2 saturated carbocycles. The Labute approximate surface area is 109 Å². The Morgan fingerprint density at radius 1 is 1.39 bits per heavy atom. The zero-order chi connectivity index (χ0) is 13.2. The molecule has 0 aromatic rings. The predicted octanol–water partition coefficient (Wildman–Crippen LogP) is 2.27. The molecule has 2 aliphatic carbocycles. The number of carbonyl (C=O) groups excluding carboxylic acids is 1. The Morgan fingerprint density at radius 3 is 2.72 bits per heavy atom. The smallest absolute Gasteiger partial charge is 0.315 e. The molecule has 3 atom stereocenters. The molecule has 1 N–H and O–H groups in total. The number of fused-ring (bicyclic) bond motifs is 1. The molecule has 0 amide bonds. The summed E-state index contributed by atoms with van der Waals surface area (Å²) in [5.41, 5.74) is -1.80. The molecule has 0 aromatic carbocycles. The third kappa shape index (κ3) is 1.75. The molecule has 18 heavy (non-hydrogen) atoms. The normalized spacial score (nSPS) is 39.5. The zero-order valence-corrected chi connectivity index (χ0v) is 11.1. The third-order valence-corrected chi connectivity index (χ3v) is 4.78. The van der Waals surface area contributed by atoms with E-state index in [1.807, 2.05) is 0 Å². The molecule has 0 spiro atoms. The number of esters is 1.